The zero-order valence-corrected chi connectivity index (χ0v) is 44.9. The van der Waals surface area contributed by atoms with Crippen molar-refractivity contribution in [1.29, 1.82) is 0 Å². The van der Waals surface area contributed by atoms with E-state index >= 15 is 4.79 Å². The van der Waals surface area contributed by atoms with Crippen LogP contribution in [0.1, 0.15) is 66.8 Å². The number of carbonyl (C=O) groups is 4. The highest BCUT2D eigenvalue weighted by Crippen LogP contribution is 2.44. The molecular formula is C61H59N5O9S2. The molecule has 2 aliphatic rings. The van der Waals surface area contributed by atoms with Crippen molar-refractivity contribution in [1.82, 2.24) is 15.2 Å². The van der Waals surface area contributed by atoms with E-state index in [1.807, 2.05) is 146 Å². The van der Waals surface area contributed by atoms with Crippen LogP contribution in [-0.4, -0.2) is 89.7 Å². The number of hydrogen-bond acceptors (Lipinski definition) is 14. The quantitative estimate of drug-likeness (QED) is 0.0133. The lowest BCUT2D eigenvalue weighted by molar-refractivity contribution is -0.190. The third-order valence-electron chi connectivity index (χ3n) is 13.1. The highest BCUT2D eigenvalue weighted by atomic mass is 32.2. The first-order valence-corrected chi connectivity index (χ1v) is 27.1. The zero-order chi connectivity index (χ0) is 54.0. The molecule has 0 saturated carbocycles. The molecule has 0 spiro atoms. The largest absolute Gasteiger partial charge is 0.425 e. The van der Waals surface area contributed by atoms with Crippen LogP contribution >= 0.6 is 23.1 Å². The number of ether oxygens (including phenoxy) is 4. The molecule has 0 bridgehead atoms. The van der Waals surface area contributed by atoms with Gasteiger partial charge in [-0.05, 0) is 43.0 Å². The number of carbonyl (C=O) groups excluding carboxylic acids is 4. The molecule has 9 rings (SSSR count). The number of nitrogens with zero attached hydrogens (tertiary/aromatic N) is 3. The Morgan fingerprint density at radius 3 is 1.65 bits per heavy atom. The van der Waals surface area contributed by atoms with Crippen molar-refractivity contribution in [3.05, 3.63) is 238 Å². The Morgan fingerprint density at radius 2 is 1.18 bits per heavy atom. The van der Waals surface area contributed by atoms with Crippen LogP contribution < -0.4 is 10.6 Å². The molecule has 77 heavy (non-hydrogen) atoms. The van der Waals surface area contributed by atoms with Gasteiger partial charge in [0.25, 0.3) is 11.8 Å². The Hall–Kier alpha value is -7.89. The number of amides is 2. The molecule has 6 aromatic carbocycles. The normalized spacial score (nSPS) is 16.1. The van der Waals surface area contributed by atoms with Crippen LogP contribution in [-0.2, 0) is 54.1 Å². The van der Waals surface area contributed by atoms with Gasteiger partial charge in [0, 0.05) is 41.9 Å². The predicted molar refractivity (Wildman–Crippen MR) is 298 cm³/mol. The summed E-state index contributed by atoms with van der Waals surface area (Å²) in [6.07, 6.45) is -1.28. The minimum absolute atomic E-state index is 0.00901. The van der Waals surface area contributed by atoms with Crippen LogP contribution in [0.2, 0.25) is 0 Å². The average Bonchev–Trinajstić information content (AvgIpc) is 3.99. The molecule has 7 aromatic rings. The molecular weight excluding hydrogens is 1010 g/mol. The lowest BCUT2D eigenvalue weighted by Gasteiger charge is -2.49. The van der Waals surface area contributed by atoms with Crippen LogP contribution in [0.15, 0.2) is 204 Å². The summed E-state index contributed by atoms with van der Waals surface area (Å²) in [6, 6.07) is 58.0. The second-order valence-electron chi connectivity index (χ2n) is 19.3. The van der Waals surface area contributed by atoms with Crippen molar-refractivity contribution in [2.24, 2.45) is 10.6 Å². The predicted octanol–water partition coefficient (Wildman–Crippen LogP) is 10.1. The van der Waals surface area contributed by atoms with Crippen LogP contribution in [0.3, 0.4) is 0 Å². The maximum absolute atomic E-state index is 15.3. The Morgan fingerprint density at radius 1 is 0.701 bits per heavy atom. The van der Waals surface area contributed by atoms with E-state index in [4.69, 9.17) is 33.9 Å². The van der Waals surface area contributed by atoms with Crippen molar-refractivity contribution in [3.63, 3.8) is 0 Å². The molecule has 2 unspecified atom stereocenters. The van der Waals surface area contributed by atoms with Crippen molar-refractivity contribution in [2.75, 3.05) is 38.0 Å². The third-order valence-corrected chi connectivity index (χ3v) is 15.2. The number of anilines is 1. The van der Waals surface area contributed by atoms with Crippen molar-refractivity contribution >= 4 is 57.7 Å². The van der Waals surface area contributed by atoms with E-state index in [9.17, 15) is 14.4 Å². The highest BCUT2D eigenvalue weighted by Gasteiger charge is 2.55. The number of rotatable bonds is 21. The van der Waals surface area contributed by atoms with Gasteiger partial charge < -0.3 is 34.4 Å². The summed E-state index contributed by atoms with van der Waals surface area (Å²) in [5.74, 6) is -2.55. The number of hydrogen-bond donors (Lipinski definition) is 2. The highest BCUT2D eigenvalue weighted by molar-refractivity contribution is 8.00. The van der Waals surface area contributed by atoms with E-state index in [0.29, 0.717) is 17.3 Å². The summed E-state index contributed by atoms with van der Waals surface area (Å²) in [7, 11) is 1.55. The zero-order valence-electron chi connectivity index (χ0n) is 43.3. The fraction of sp³-hybridized carbons (Fsp3) is 0.246. The van der Waals surface area contributed by atoms with E-state index in [1.165, 1.54) is 34.9 Å². The maximum Gasteiger partial charge on any atom is 0.358 e. The second kappa shape index (κ2) is 24.0. The molecule has 3 atom stereocenters. The van der Waals surface area contributed by atoms with E-state index in [2.05, 4.69) is 47.0 Å². The van der Waals surface area contributed by atoms with Gasteiger partial charge in [-0.3, -0.25) is 19.3 Å². The summed E-state index contributed by atoms with van der Waals surface area (Å²) in [4.78, 5) is 70.1. The van der Waals surface area contributed by atoms with Crippen molar-refractivity contribution < 1.29 is 43.0 Å². The molecule has 0 radical (unpaired) electrons. The first-order chi connectivity index (χ1) is 37.3. The van der Waals surface area contributed by atoms with Gasteiger partial charge in [0.2, 0.25) is 11.9 Å². The van der Waals surface area contributed by atoms with E-state index in [0.717, 1.165) is 33.4 Å². The summed E-state index contributed by atoms with van der Waals surface area (Å²) < 4.78 is 22.1. The maximum atomic E-state index is 15.3. The first-order valence-electron chi connectivity index (χ1n) is 25.1. The van der Waals surface area contributed by atoms with Crippen molar-refractivity contribution in [3.8, 4) is 0 Å². The fourth-order valence-corrected chi connectivity index (χ4v) is 11.3. The van der Waals surface area contributed by atoms with Crippen LogP contribution in [0.4, 0.5) is 5.13 Å². The van der Waals surface area contributed by atoms with Crippen LogP contribution in [0.5, 0.6) is 0 Å². The van der Waals surface area contributed by atoms with Crippen LogP contribution in [0, 0.1) is 5.41 Å². The topological polar surface area (TPSA) is 167 Å². The van der Waals surface area contributed by atoms with E-state index < -0.39 is 58.0 Å². The van der Waals surface area contributed by atoms with Gasteiger partial charge in [0.1, 0.15) is 28.3 Å². The first kappa shape index (κ1) is 53.9. The minimum Gasteiger partial charge on any atom is -0.425 e. The average molecular weight is 1070 g/mol. The lowest BCUT2D eigenvalue weighted by Crippen LogP contribution is -2.71. The van der Waals surface area contributed by atoms with E-state index in [-0.39, 0.29) is 36.1 Å². The molecule has 1 saturated heterocycles. The fourth-order valence-electron chi connectivity index (χ4n) is 9.26. The van der Waals surface area contributed by atoms with Gasteiger partial charge in [-0.15, -0.1) is 23.1 Å². The monoisotopic (exact) mass is 1070 g/mol. The number of thiazole rings is 1. The number of benzene rings is 6. The van der Waals surface area contributed by atoms with Gasteiger partial charge >= 0.3 is 11.9 Å². The SMILES string of the molecule is COCCOCC1=C(C(=O)OC(C)OC(=O)C(C)(C)C)N2C(=O)C(NC(=O)/C(=N\OC(c3ccccc3)(c3ccccc3)c3ccccc3)c3csc(NC(c4ccccc4)(c4ccccc4)c4ccccc4)n3)[C@H]2SC1. The molecule has 394 valence electrons. The number of β-lactam (4-membered cyclic amide) rings is 1. The Bertz CT molecular complexity index is 3020. The molecule has 1 fully saturated rings. The second-order valence-corrected chi connectivity index (χ2v) is 21.3. The van der Waals surface area contributed by atoms with E-state index in [1.54, 1.807) is 33.3 Å². The Labute approximate surface area is 456 Å². The molecule has 16 heteroatoms. The third kappa shape index (κ3) is 11.5. The van der Waals surface area contributed by atoms with Gasteiger partial charge in [0.15, 0.2) is 10.8 Å². The van der Waals surface area contributed by atoms with Gasteiger partial charge in [0.05, 0.1) is 25.2 Å². The Kier molecular flexibility index (Phi) is 16.8. The molecule has 1 aromatic heterocycles. The summed E-state index contributed by atoms with van der Waals surface area (Å²) in [5, 5.41) is 13.0. The number of esters is 2. The molecule has 2 amide bonds. The van der Waals surface area contributed by atoms with Crippen molar-refractivity contribution in [2.45, 2.75) is 56.5 Å². The number of fused-ring (bicyclic) bond motifs is 1. The lowest BCUT2D eigenvalue weighted by atomic mass is 9.77. The summed E-state index contributed by atoms with van der Waals surface area (Å²) in [5.41, 5.74) is 2.22. The number of thioether (sulfide) groups is 1. The molecule has 2 N–H and O–H groups in total. The molecule has 14 nitrogen and oxygen atoms in total. The number of oxime groups is 1. The van der Waals surface area contributed by atoms with Gasteiger partial charge in [-0.25, -0.2) is 9.78 Å². The molecule has 2 aliphatic heterocycles. The van der Waals surface area contributed by atoms with Crippen LogP contribution in [0.25, 0.3) is 0 Å². The Balaban J connectivity index is 1.11. The summed E-state index contributed by atoms with van der Waals surface area (Å²) in [6.45, 7) is 7.02. The molecule has 3 heterocycles. The smallest absolute Gasteiger partial charge is 0.358 e. The standard InChI is InChI=1S/C61H59N5O9S2/c1-41(74-57(70)59(2,3)4)73-56(69)52-42(38-72-37-36-71-5)39-76-55-51(54(68)66(52)55)63-53(67)50(65-75-61(46-30-18-9-19-31-46,47-32-20-10-21-33-47)48-34-22-11-23-35-48)49-40-77-58(62-49)64-60(43-24-12-6-13-25-43,44-26-14-7-15-27-44)45-28-16-8-17-29-45/h6-35,40-41,51,55H,36-39H2,1-5H3,(H,62,64)(H,63,67)/b65-50-/t41?,51?,55-/m1/s1. The minimum atomic E-state index is -1.39. The van der Waals surface area contributed by atoms with Gasteiger partial charge in [-0.1, -0.05) is 187 Å². The molecule has 0 aliphatic carbocycles. The number of aromatic nitrogens is 1. The number of methoxy groups -OCH3 is 1. The summed E-state index contributed by atoms with van der Waals surface area (Å²) >= 11 is 2.63. The van der Waals surface area contributed by atoms with Gasteiger partial charge in [-0.2, -0.15) is 0 Å². The number of nitrogens with one attached hydrogen (secondary N) is 2.